The summed E-state index contributed by atoms with van der Waals surface area (Å²) in [7, 11) is 0. The fraction of sp³-hybridized carbons (Fsp3) is 0.467. The van der Waals surface area contributed by atoms with Crippen LogP contribution in [0.1, 0.15) is 39.5 Å². The molecular weight excluding hydrogens is 444 g/mol. The Bertz CT molecular complexity index is 1300. The second-order valence-corrected chi connectivity index (χ2v) is 10.6. The number of nitrogens with zero attached hydrogens (tertiary/aromatic N) is 3. The third kappa shape index (κ3) is 4.84. The molecule has 2 fully saturated rings. The van der Waals surface area contributed by atoms with Gasteiger partial charge < -0.3 is 30.0 Å². The first-order chi connectivity index (χ1) is 17.7. The normalized spacial score (nSPS) is 18.8. The van der Waals surface area contributed by atoms with Gasteiger partial charge in [-0.3, -0.25) is 0 Å². The standard InChI is InChI=1S/C30H40N6/c1-3-34-14-10-24(11-15-34)31-26-5-7-28-23(20-26)21-30(33-28)36-18-9-22-19-27(6-8-29(22)36)32-25-12-16-35(4-2)17-13-25/h5-9,18-21,24-25,31-33H,3-4,10-17H2,1-2H3. The lowest BCUT2D eigenvalue weighted by molar-refractivity contribution is 0.229. The van der Waals surface area contributed by atoms with E-state index in [0.717, 1.165) is 18.9 Å². The fourth-order valence-electron chi connectivity index (χ4n) is 6.04. The summed E-state index contributed by atoms with van der Waals surface area (Å²) in [4.78, 5) is 8.71. The van der Waals surface area contributed by atoms with E-state index in [2.05, 4.69) is 98.6 Å². The van der Waals surface area contributed by atoms with Crippen LogP contribution in [0.2, 0.25) is 0 Å². The minimum absolute atomic E-state index is 0.569. The summed E-state index contributed by atoms with van der Waals surface area (Å²) >= 11 is 0. The second-order valence-electron chi connectivity index (χ2n) is 10.6. The Balaban J connectivity index is 1.16. The highest BCUT2D eigenvalue weighted by Crippen LogP contribution is 2.28. The first-order valence-corrected chi connectivity index (χ1v) is 13.9. The Hall–Kier alpha value is -2.96. The van der Waals surface area contributed by atoms with E-state index in [1.807, 2.05) is 0 Å². The molecule has 6 heteroatoms. The number of hydrogen-bond donors (Lipinski definition) is 3. The molecule has 36 heavy (non-hydrogen) atoms. The molecule has 2 aromatic heterocycles. The average molecular weight is 485 g/mol. The molecule has 0 amide bonds. The third-order valence-electron chi connectivity index (χ3n) is 8.37. The van der Waals surface area contributed by atoms with Crippen LogP contribution in [0.3, 0.4) is 0 Å². The first-order valence-electron chi connectivity index (χ1n) is 13.9. The zero-order chi connectivity index (χ0) is 24.5. The second kappa shape index (κ2) is 10.2. The van der Waals surface area contributed by atoms with Crippen LogP contribution in [-0.4, -0.2) is 70.7 Å². The minimum atomic E-state index is 0.569. The molecule has 6 rings (SSSR count). The van der Waals surface area contributed by atoms with Gasteiger partial charge in [0.15, 0.2) is 0 Å². The molecule has 4 aromatic rings. The molecule has 6 nitrogen and oxygen atoms in total. The predicted octanol–water partition coefficient (Wildman–Crippen LogP) is 5.90. The highest BCUT2D eigenvalue weighted by molar-refractivity contribution is 5.89. The van der Waals surface area contributed by atoms with Gasteiger partial charge in [0.2, 0.25) is 0 Å². The maximum absolute atomic E-state index is 3.78. The highest BCUT2D eigenvalue weighted by atomic mass is 15.1. The Morgan fingerprint density at radius 3 is 1.92 bits per heavy atom. The van der Waals surface area contributed by atoms with Gasteiger partial charge in [-0.1, -0.05) is 13.8 Å². The minimum Gasteiger partial charge on any atom is -0.382 e. The number of fused-ring (bicyclic) bond motifs is 2. The molecule has 4 heterocycles. The van der Waals surface area contributed by atoms with Crippen molar-refractivity contribution < 1.29 is 0 Å². The van der Waals surface area contributed by atoms with E-state index in [4.69, 9.17) is 0 Å². The van der Waals surface area contributed by atoms with Gasteiger partial charge >= 0.3 is 0 Å². The first kappa shape index (κ1) is 23.4. The van der Waals surface area contributed by atoms with Gasteiger partial charge in [-0.25, -0.2) is 0 Å². The summed E-state index contributed by atoms with van der Waals surface area (Å²) in [5, 5.41) is 10.1. The van der Waals surface area contributed by atoms with Crippen LogP contribution in [0.5, 0.6) is 0 Å². The van der Waals surface area contributed by atoms with Crippen molar-refractivity contribution in [3.8, 4) is 5.82 Å². The van der Waals surface area contributed by atoms with Crippen LogP contribution in [0.4, 0.5) is 11.4 Å². The molecular formula is C30H40N6. The van der Waals surface area contributed by atoms with Crippen molar-refractivity contribution in [2.24, 2.45) is 0 Å². The summed E-state index contributed by atoms with van der Waals surface area (Å²) in [6.45, 7) is 11.6. The van der Waals surface area contributed by atoms with E-state index in [9.17, 15) is 0 Å². The smallest absolute Gasteiger partial charge is 0.115 e. The van der Waals surface area contributed by atoms with Crippen molar-refractivity contribution in [1.82, 2.24) is 19.4 Å². The van der Waals surface area contributed by atoms with Crippen LogP contribution in [0.25, 0.3) is 27.6 Å². The molecule has 0 atom stereocenters. The number of nitrogens with one attached hydrogen (secondary N) is 3. The number of benzene rings is 2. The van der Waals surface area contributed by atoms with Gasteiger partial charge in [0.1, 0.15) is 5.82 Å². The predicted molar refractivity (Wildman–Crippen MR) is 153 cm³/mol. The van der Waals surface area contributed by atoms with Gasteiger partial charge in [-0.15, -0.1) is 0 Å². The lowest BCUT2D eigenvalue weighted by atomic mass is 10.0. The van der Waals surface area contributed by atoms with E-state index < -0.39 is 0 Å². The monoisotopic (exact) mass is 484 g/mol. The maximum atomic E-state index is 3.78. The van der Waals surface area contributed by atoms with Crippen molar-refractivity contribution in [1.29, 1.82) is 0 Å². The number of anilines is 2. The maximum Gasteiger partial charge on any atom is 0.115 e. The van der Waals surface area contributed by atoms with E-state index in [1.54, 1.807) is 0 Å². The SMILES string of the molecule is CCN1CCC(Nc2ccc3[nH]c(-n4ccc5cc(NC6CCN(CC)CC6)ccc54)cc3c2)CC1. The van der Waals surface area contributed by atoms with Gasteiger partial charge in [0.25, 0.3) is 0 Å². The fourth-order valence-corrected chi connectivity index (χ4v) is 6.04. The molecule has 2 saturated heterocycles. The lowest BCUT2D eigenvalue weighted by Crippen LogP contribution is -2.38. The summed E-state index contributed by atoms with van der Waals surface area (Å²) < 4.78 is 2.27. The third-order valence-corrected chi connectivity index (χ3v) is 8.37. The zero-order valence-electron chi connectivity index (χ0n) is 21.8. The van der Waals surface area contributed by atoms with Crippen molar-refractivity contribution in [3.63, 3.8) is 0 Å². The molecule has 0 unspecified atom stereocenters. The zero-order valence-corrected chi connectivity index (χ0v) is 21.8. The van der Waals surface area contributed by atoms with Crippen LogP contribution in [-0.2, 0) is 0 Å². The number of aromatic nitrogens is 2. The number of rotatable bonds is 7. The summed E-state index contributed by atoms with van der Waals surface area (Å²) in [5.74, 6) is 1.11. The van der Waals surface area contributed by atoms with Crippen molar-refractivity contribution in [2.45, 2.75) is 51.6 Å². The van der Waals surface area contributed by atoms with E-state index >= 15 is 0 Å². The Morgan fingerprint density at radius 2 is 1.31 bits per heavy atom. The van der Waals surface area contributed by atoms with Gasteiger partial charge in [0, 0.05) is 72.1 Å². The quantitative estimate of drug-likeness (QED) is 0.305. The average Bonchev–Trinajstić information content (AvgIpc) is 3.53. The number of piperidine rings is 2. The molecule has 2 aromatic carbocycles. The molecule has 0 radical (unpaired) electrons. The summed E-state index contributed by atoms with van der Waals surface area (Å²) in [6, 6.07) is 19.1. The van der Waals surface area contributed by atoms with E-state index in [-0.39, 0.29) is 0 Å². The Labute approximate surface area is 214 Å². The van der Waals surface area contributed by atoms with E-state index in [0.29, 0.717) is 12.1 Å². The molecule has 0 aliphatic carbocycles. The van der Waals surface area contributed by atoms with Crippen LogP contribution in [0.15, 0.2) is 54.7 Å². The van der Waals surface area contributed by atoms with E-state index in [1.165, 1.54) is 85.0 Å². The van der Waals surface area contributed by atoms with Crippen LogP contribution in [0, 0.1) is 0 Å². The molecule has 0 saturated carbocycles. The topological polar surface area (TPSA) is 51.3 Å². The van der Waals surface area contributed by atoms with Gasteiger partial charge in [-0.2, -0.15) is 0 Å². The van der Waals surface area contributed by atoms with Crippen molar-refractivity contribution in [2.75, 3.05) is 49.9 Å². The largest absolute Gasteiger partial charge is 0.382 e. The van der Waals surface area contributed by atoms with Gasteiger partial charge in [-0.05, 0) is 87.3 Å². The van der Waals surface area contributed by atoms with Crippen LogP contribution >= 0.6 is 0 Å². The molecule has 2 aliphatic rings. The van der Waals surface area contributed by atoms with Crippen LogP contribution < -0.4 is 10.6 Å². The van der Waals surface area contributed by atoms with Crippen molar-refractivity contribution in [3.05, 3.63) is 54.7 Å². The number of H-pyrrole nitrogens is 1. The molecule has 190 valence electrons. The molecule has 0 bridgehead atoms. The molecule has 0 spiro atoms. The Kier molecular flexibility index (Phi) is 6.63. The number of likely N-dealkylation sites (tertiary alicyclic amines) is 2. The van der Waals surface area contributed by atoms with Gasteiger partial charge in [0.05, 0.1) is 5.52 Å². The summed E-state index contributed by atoms with van der Waals surface area (Å²) in [6.07, 6.45) is 7.05. The Morgan fingerprint density at radius 1 is 0.722 bits per heavy atom. The number of aromatic amines is 1. The lowest BCUT2D eigenvalue weighted by Gasteiger charge is -2.32. The summed E-state index contributed by atoms with van der Waals surface area (Å²) in [5.41, 5.74) is 4.86. The highest BCUT2D eigenvalue weighted by Gasteiger charge is 2.19. The van der Waals surface area contributed by atoms with Crippen molar-refractivity contribution >= 4 is 33.2 Å². The molecule has 3 N–H and O–H groups in total. The number of hydrogen-bond acceptors (Lipinski definition) is 4. The molecule has 2 aliphatic heterocycles.